The molecule has 0 aliphatic carbocycles. The van der Waals surface area contributed by atoms with E-state index in [0.29, 0.717) is 18.5 Å². The van der Waals surface area contributed by atoms with E-state index in [9.17, 15) is 14.4 Å². The van der Waals surface area contributed by atoms with Gasteiger partial charge in [-0.2, -0.15) is 0 Å². The van der Waals surface area contributed by atoms with Gasteiger partial charge in [-0.25, -0.2) is 4.79 Å². The van der Waals surface area contributed by atoms with Crippen molar-refractivity contribution in [2.24, 2.45) is 0 Å². The van der Waals surface area contributed by atoms with Crippen molar-refractivity contribution in [3.63, 3.8) is 0 Å². The van der Waals surface area contributed by atoms with Crippen molar-refractivity contribution in [1.29, 1.82) is 0 Å². The SMILES string of the molecule is C=C1CCC(=O)N1OC(=O)CCC(C)=O. The normalized spacial score (nSPS) is 15.7. The molecule has 15 heavy (non-hydrogen) atoms. The van der Waals surface area contributed by atoms with Crippen molar-refractivity contribution in [1.82, 2.24) is 5.06 Å². The van der Waals surface area contributed by atoms with Gasteiger partial charge in [0.15, 0.2) is 0 Å². The number of ketones is 1. The van der Waals surface area contributed by atoms with Gasteiger partial charge in [0.1, 0.15) is 5.78 Å². The summed E-state index contributed by atoms with van der Waals surface area (Å²) in [4.78, 5) is 37.8. The first-order valence-corrected chi connectivity index (χ1v) is 4.71. The van der Waals surface area contributed by atoms with Crippen LogP contribution in [0.2, 0.25) is 0 Å². The number of nitrogens with zero attached hydrogens (tertiary/aromatic N) is 1. The lowest BCUT2D eigenvalue weighted by atomic mass is 10.2. The van der Waals surface area contributed by atoms with Crippen LogP contribution in [-0.2, 0) is 19.2 Å². The number of amides is 1. The molecular weight excluding hydrogens is 198 g/mol. The Labute approximate surface area is 87.6 Å². The second-order valence-corrected chi connectivity index (χ2v) is 3.42. The highest BCUT2D eigenvalue weighted by molar-refractivity contribution is 5.84. The lowest BCUT2D eigenvalue weighted by Crippen LogP contribution is -2.26. The monoisotopic (exact) mass is 211 g/mol. The lowest BCUT2D eigenvalue weighted by Gasteiger charge is -2.15. The fraction of sp³-hybridized carbons (Fsp3) is 0.500. The highest BCUT2D eigenvalue weighted by Crippen LogP contribution is 2.21. The van der Waals surface area contributed by atoms with E-state index in [0.717, 1.165) is 5.06 Å². The molecule has 0 spiro atoms. The van der Waals surface area contributed by atoms with E-state index in [-0.39, 0.29) is 24.5 Å². The molecule has 1 amide bonds. The van der Waals surface area contributed by atoms with Crippen LogP contribution in [0.4, 0.5) is 0 Å². The molecule has 5 heteroatoms. The summed E-state index contributed by atoms with van der Waals surface area (Å²) in [7, 11) is 0. The summed E-state index contributed by atoms with van der Waals surface area (Å²) in [6, 6.07) is 0. The molecule has 5 nitrogen and oxygen atoms in total. The first kappa shape index (κ1) is 11.4. The van der Waals surface area contributed by atoms with Gasteiger partial charge in [0, 0.05) is 12.8 Å². The third-order valence-electron chi connectivity index (χ3n) is 2.02. The van der Waals surface area contributed by atoms with E-state index >= 15 is 0 Å². The van der Waals surface area contributed by atoms with Crippen LogP contribution in [0.3, 0.4) is 0 Å². The molecule has 1 fully saturated rings. The Balaban J connectivity index is 2.40. The van der Waals surface area contributed by atoms with E-state index < -0.39 is 5.97 Å². The molecule has 0 aromatic rings. The number of carbonyl (C=O) groups excluding carboxylic acids is 3. The minimum atomic E-state index is -0.582. The van der Waals surface area contributed by atoms with Gasteiger partial charge in [-0.05, 0) is 13.3 Å². The van der Waals surface area contributed by atoms with Crippen molar-refractivity contribution in [2.45, 2.75) is 32.6 Å². The number of hydroxylamine groups is 2. The number of rotatable bonds is 4. The molecule has 0 aromatic heterocycles. The van der Waals surface area contributed by atoms with Crippen LogP contribution < -0.4 is 0 Å². The molecule has 1 saturated heterocycles. The maximum atomic E-state index is 11.2. The summed E-state index contributed by atoms with van der Waals surface area (Å²) in [6.07, 6.45) is 0.956. The summed E-state index contributed by atoms with van der Waals surface area (Å²) < 4.78 is 0. The van der Waals surface area contributed by atoms with Gasteiger partial charge in [-0.1, -0.05) is 6.58 Å². The van der Waals surface area contributed by atoms with Crippen LogP contribution in [-0.4, -0.2) is 22.7 Å². The van der Waals surface area contributed by atoms with E-state index in [4.69, 9.17) is 4.84 Å². The zero-order chi connectivity index (χ0) is 11.4. The summed E-state index contributed by atoms with van der Waals surface area (Å²) in [5.74, 6) is -0.934. The van der Waals surface area contributed by atoms with Crippen LogP contribution >= 0.6 is 0 Å². The topological polar surface area (TPSA) is 63.7 Å². The summed E-state index contributed by atoms with van der Waals surface area (Å²) in [6.45, 7) is 4.99. The first-order chi connectivity index (χ1) is 7.00. The Hall–Kier alpha value is -1.65. The highest BCUT2D eigenvalue weighted by Gasteiger charge is 2.27. The van der Waals surface area contributed by atoms with Gasteiger partial charge in [0.25, 0.3) is 5.91 Å². The van der Waals surface area contributed by atoms with Gasteiger partial charge in [0.2, 0.25) is 0 Å². The predicted octanol–water partition coefficient (Wildman–Crippen LogP) is 0.950. The van der Waals surface area contributed by atoms with E-state index in [1.54, 1.807) is 0 Å². The van der Waals surface area contributed by atoms with Crippen molar-refractivity contribution in [3.05, 3.63) is 12.3 Å². The molecule has 0 radical (unpaired) electrons. The minimum absolute atomic E-state index is 0.00755. The van der Waals surface area contributed by atoms with Crippen LogP contribution in [0, 0.1) is 0 Å². The van der Waals surface area contributed by atoms with Crippen molar-refractivity contribution < 1.29 is 19.2 Å². The van der Waals surface area contributed by atoms with Gasteiger partial charge < -0.3 is 9.63 Å². The number of Topliss-reactive ketones (excluding diaryl/α,β-unsaturated/α-hetero) is 1. The Morgan fingerprint density at radius 1 is 1.40 bits per heavy atom. The lowest BCUT2D eigenvalue weighted by molar-refractivity contribution is -0.186. The molecule has 0 aromatic carbocycles. The maximum absolute atomic E-state index is 11.2. The molecule has 1 aliphatic heterocycles. The number of hydrogen-bond donors (Lipinski definition) is 0. The smallest absolute Gasteiger partial charge is 0.333 e. The molecule has 1 rings (SSSR count). The largest absolute Gasteiger partial charge is 0.334 e. The van der Waals surface area contributed by atoms with Crippen LogP contribution in [0.25, 0.3) is 0 Å². The van der Waals surface area contributed by atoms with Crippen molar-refractivity contribution in [3.8, 4) is 0 Å². The van der Waals surface area contributed by atoms with Gasteiger partial charge in [-0.15, -0.1) is 5.06 Å². The zero-order valence-electron chi connectivity index (χ0n) is 8.62. The molecule has 1 aliphatic rings. The maximum Gasteiger partial charge on any atom is 0.333 e. The molecule has 0 unspecified atom stereocenters. The Bertz CT molecular complexity index is 305. The molecule has 1 heterocycles. The van der Waals surface area contributed by atoms with Crippen LogP contribution in [0.1, 0.15) is 32.6 Å². The third kappa shape index (κ3) is 3.19. The summed E-state index contributed by atoms with van der Waals surface area (Å²) in [5, 5.41) is 0.919. The number of hydrogen-bond acceptors (Lipinski definition) is 4. The molecule has 0 saturated carbocycles. The predicted molar refractivity (Wildman–Crippen MR) is 51.2 cm³/mol. The molecular formula is C10H13NO4. The zero-order valence-corrected chi connectivity index (χ0v) is 8.62. The van der Waals surface area contributed by atoms with E-state index in [2.05, 4.69) is 6.58 Å². The second-order valence-electron chi connectivity index (χ2n) is 3.42. The minimum Gasteiger partial charge on any atom is -0.334 e. The standard InChI is InChI=1S/C10H13NO4/c1-7-3-5-9(13)11(7)15-10(14)6-4-8(2)12/h1,3-6H2,2H3. The molecule has 0 atom stereocenters. The van der Waals surface area contributed by atoms with E-state index in [1.165, 1.54) is 6.92 Å². The molecule has 0 bridgehead atoms. The Morgan fingerprint density at radius 3 is 2.53 bits per heavy atom. The third-order valence-corrected chi connectivity index (χ3v) is 2.02. The summed E-state index contributed by atoms with van der Waals surface area (Å²) in [5.41, 5.74) is 0.483. The number of carbonyl (C=O) groups is 3. The van der Waals surface area contributed by atoms with Gasteiger partial charge in [0.05, 0.1) is 12.1 Å². The molecule has 0 N–H and O–H groups in total. The van der Waals surface area contributed by atoms with Crippen LogP contribution in [0.15, 0.2) is 12.3 Å². The van der Waals surface area contributed by atoms with Crippen LogP contribution in [0.5, 0.6) is 0 Å². The Morgan fingerprint density at radius 2 is 2.07 bits per heavy atom. The van der Waals surface area contributed by atoms with Gasteiger partial charge in [-0.3, -0.25) is 4.79 Å². The van der Waals surface area contributed by atoms with Crippen molar-refractivity contribution >= 4 is 17.7 Å². The average Bonchev–Trinajstić information content (AvgIpc) is 2.46. The van der Waals surface area contributed by atoms with Gasteiger partial charge >= 0.3 is 5.97 Å². The molecule has 82 valence electrons. The average molecular weight is 211 g/mol. The fourth-order valence-corrected chi connectivity index (χ4v) is 1.17. The fourth-order valence-electron chi connectivity index (χ4n) is 1.17. The van der Waals surface area contributed by atoms with E-state index in [1.807, 2.05) is 0 Å². The van der Waals surface area contributed by atoms with Crippen molar-refractivity contribution in [2.75, 3.05) is 0 Å². The second kappa shape index (κ2) is 4.72. The Kier molecular flexibility index (Phi) is 3.60. The quantitative estimate of drug-likeness (QED) is 0.694. The summed E-state index contributed by atoms with van der Waals surface area (Å²) >= 11 is 0. The number of allylic oxidation sites excluding steroid dienone is 1. The first-order valence-electron chi connectivity index (χ1n) is 4.71. The highest BCUT2D eigenvalue weighted by atomic mass is 16.7.